The van der Waals surface area contributed by atoms with Crippen molar-refractivity contribution in [3.05, 3.63) is 24.2 Å². The number of aromatic nitrogens is 4. The molecule has 2 atom stereocenters. The van der Waals surface area contributed by atoms with Gasteiger partial charge >= 0.3 is 0 Å². The topological polar surface area (TPSA) is 127 Å². The second-order valence-electron chi connectivity index (χ2n) is 6.58. The Bertz CT molecular complexity index is 824. The predicted octanol–water partition coefficient (Wildman–Crippen LogP) is 1.20. The van der Waals surface area contributed by atoms with Crippen molar-refractivity contribution >= 4 is 18.1 Å². The maximum absolute atomic E-state index is 9.43. The van der Waals surface area contributed by atoms with Gasteiger partial charge in [-0.25, -0.2) is 15.0 Å². The van der Waals surface area contributed by atoms with Crippen molar-refractivity contribution in [2.24, 2.45) is 15.7 Å². The lowest BCUT2D eigenvalue weighted by Crippen LogP contribution is -2.19. The number of nitrogens with zero attached hydrogens (tertiary/aromatic N) is 6. The molecular weight excluding hydrogens is 332 g/mol. The van der Waals surface area contributed by atoms with E-state index in [-0.39, 0.29) is 17.9 Å². The third-order valence-electron chi connectivity index (χ3n) is 3.96. The van der Waals surface area contributed by atoms with E-state index in [0.29, 0.717) is 19.0 Å². The third kappa shape index (κ3) is 4.05. The van der Waals surface area contributed by atoms with Gasteiger partial charge in [-0.2, -0.15) is 5.10 Å². The molecule has 2 aromatic rings. The quantitative estimate of drug-likeness (QED) is 0.714. The molecule has 138 valence electrons. The molecule has 0 radical (unpaired) electrons. The Morgan fingerprint density at radius 2 is 2.19 bits per heavy atom. The summed E-state index contributed by atoms with van der Waals surface area (Å²) >= 11 is 0. The standard InChI is InChI=1S/C17H24N8O/c1-10(2)25-9-13(15(24-25)12-7-20-16(18)21-8-12)14-4-5-19-17(23-14)22-6-11(3)26/h4-5,7,9-12,26H,6,8H2,1-3H3,(H2,18,21)(H,19,22,23)/t11-,12?/m0/s1. The zero-order valence-electron chi connectivity index (χ0n) is 15.2. The fourth-order valence-corrected chi connectivity index (χ4v) is 2.58. The van der Waals surface area contributed by atoms with Gasteiger partial charge in [-0.1, -0.05) is 0 Å². The van der Waals surface area contributed by atoms with Gasteiger partial charge in [0, 0.05) is 36.8 Å². The lowest BCUT2D eigenvalue weighted by Gasteiger charge is -2.13. The number of guanidine groups is 1. The molecule has 1 unspecified atom stereocenters. The third-order valence-corrected chi connectivity index (χ3v) is 3.96. The van der Waals surface area contributed by atoms with Crippen molar-refractivity contribution in [3.63, 3.8) is 0 Å². The molecule has 4 N–H and O–H groups in total. The molecule has 9 nitrogen and oxygen atoms in total. The average Bonchev–Trinajstić information content (AvgIpc) is 3.06. The second kappa shape index (κ2) is 7.61. The Hall–Kier alpha value is -2.81. The van der Waals surface area contributed by atoms with Gasteiger partial charge in [0.05, 0.1) is 30.0 Å². The highest BCUT2D eigenvalue weighted by molar-refractivity contribution is 5.91. The van der Waals surface area contributed by atoms with Gasteiger partial charge in [0.2, 0.25) is 11.9 Å². The lowest BCUT2D eigenvalue weighted by atomic mass is 10.0. The number of hydrogen-bond donors (Lipinski definition) is 3. The number of hydrogen-bond acceptors (Lipinski definition) is 8. The summed E-state index contributed by atoms with van der Waals surface area (Å²) in [4.78, 5) is 17.1. The van der Waals surface area contributed by atoms with Gasteiger partial charge in [-0.05, 0) is 26.8 Å². The van der Waals surface area contributed by atoms with Gasteiger partial charge in [-0.15, -0.1) is 0 Å². The Morgan fingerprint density at radius 1 is 1.38 bits per heavy atom. The smallest absolute Gasteiger partial charge is 0.223 e. The predicted molar refractivity (Wildman–Crippen MR) is 102 cm³/mol. The van der Waals surface area contributed by atoms with E-state index in [2.05, 4.69) is 39.1 Å². The molecule has 0 aromatic carbocycles. The molecule has 0 saturated heterocycles. The SMILES string of the molecule is CC(C)n1cc(-c2ccnc(NC[C@H](C)O)n2)c(C2C=NC(N)=NC2)n1. The lowest BCUT2D eigenvalue weighted by molar-refractivity contribution is 0.208. The summed E-state index contributed by atoms with van der Waals surface area (Å²) in [6, 6.07) is 2.06. The molecule has 0 amide bonds. The monoisotopic (exact) mass is 356 g/mol. The Morgan fingerprint density at radius 3 is 2.85 bits per heavy atom. The summed E-state index contributed by atoms with van der Waals surface area (Å²) in [6.07, 6.45) is 4.97. The van der Waals surface area contributed by atoms with Crippen LogP contribution < -0.4 is 11.1 Å². The van der Waals surface area contributed by atoms with E-state index in [1.807, 2.05) is 16.9 Å². The maximum Gasteiger partial charge on any atom is 0.223 e. The number of aliphatic hydroxyl groups is 1. The average molecular weight is 356 g/mol. The van der Waals surface area contributed by atoms with Crippen LogP contribution in [0.5, 0.6) is 0 Å². The number of nitrogens with two attached hydrogens (primary N) is 1. The maximum atomic E-state index is 9.43. The first-order valence-electron chi connectivity index (χ1n) is 8.62. The van der Waals surface area contributed by atoms with Crippen molar-refractivity contribution in [2.75, 3.05) is 18.4 Å². The van der Waals surface area contributed by atoms with Crippen LogP contribution in [0.4, 0.5) is 5.95 Å². The molecule has 26 heavy (non-hydrogen) atoms. The Kier molecular flexibility index (Phi) is 5.27. The van der Waals surface area contributed by atoms with Gasteiger partial charge in [-0.3, -0.25) is 9.67 Å². The first-order chi connectivity index (χ1) is 12.4. The minimum atomic E-state index is -0.483. The van der Waals surface area contributed by atoms with Crippen LogP contribution in [0.1, 0.15) is 38.4 Å². The summed E-state index contributed by atoms with van der Waals surface area (Å²) in [5, 5.41) is 17.2. The fourth-order valence-electron chi connectivity index (χ4n) is 2.58. The van der Waals surface area contributed by atoms with Gasteiger partial charge in [0.25, 0.3) is 0 Å². The summed E-state index contributed by atoms with van der Waals surface area (Å²) in [5.74, 6) is 0.699. The minimum Gasteiger partial charge on any atom is -0.392 e. The van der Waals surface area contributed by atoms with Crippen LogP contribution in [0.15, 0.2) is 28.4 Å². The molecule has 0 spiro atoms. The molecule has 9 heteroatoms. The molecule has 1 aliphatic rings. The van der Waals surface area contributed by atoms with E-state index in [1.54, 1.807) is 19.3 Å². The van der Waals surface area contributed by atoms with Crippen LogP contribution in [0, 0.1) is 0 Å². The van der Waals surface area contributed by atoms with E-state index in [9.17, 15) is 5.11 Å². The molecular formula is C17H24N8O. The van der Waals surface area contributed by atoms with E-state index in [1.165, 1.54) is 0 Å². The first kappa shape index (κ1) is 18.0. The number of aliphatic imine (C=N–C) groups is 2. The molecule has 3 rings (SSSR count). The summed E-state index contributed by atoms with van der Waals surface area (Å²) in [6.45, 7) is 6.74. The molecule has 0 bridgehead atoms. The fraction of sp³-hybridized carbons (Fsp3) is 0.471. The van der Waals surface area contributed by atoms with Crippen molar-refractivity contribution in [2.45, 2.75) is 38.8 Å². The number of rotatable bonds is 6. The van der Waals surface area contributed by atoms with Crippen molar-refractivity contribution in [1.82, 2.24) is 19.7 Å². The second-order valence-corrected chi connectivity index (χ2v) is 6.58. The van der Waals surface area contributed by atoms with E-state index in [0.717, 1.165) is 17.0 Å². The van der Waals surface area contributed by atoms with Crippen LogP contribution in [0.25, 0.3) is 11.3 Å². The molecule has 0 fully saturated rings. The van der Waals surface area contributed by atoms with Crippen LogP contribution in [0.3, 0.4) is 0 Å². The molecule has 2 aromatic heterocycles. The van der Waals surface area contributed by atoms with E-state index in [4.69, 9.17) is 10.8 Å². The normalized spacial score (nSPS) is 18.0. The van der Waals surface area contributed by atoms with Crippen LogP contribution >= 0.6 is 0 Å². The van der Waals surface area contributed by atoms with E-state index < -0.39 is 6.10 Å². The highest BCUT2D eigenvalue weighted by atomic mass is 16.3. The van der Waals surface area contributed by atoms with Gasteiger partial charge in [0.1, 0.15) is 0 Å². The van der Waals surface area contributed by atoms with Crippen molar-refractivity contribution in [3.8, 4) is 11.3 Å². The number of nitrogens with one attached hydrogen (secondary N) is 1. The largest absolute Gasteiger partial charge is 0.392 e. The molecule has 1 aliphatic heterocycles. The molecule has 0 aliphatic carbocycles. The van der Waals surface area contributed by atoms with Crippen LogP contribution in [-0.4, -0.2) is 56.2 Å². The van der Waals surface area contributed by atoms with Gasteiger partial charge in [0.15, 0.2) is 0 Å². The Balaban J connectivity index is 1.96. The summed E-state index contributed by atoms with van der Waals surface area (Å²) in [7, 11) is 0. The van der Waals surface area contributed by atoms with Gasteiger partial charge < -0.3 is 16.2 Å². The molecule has 3 heterocycles. The highest BCUT2D eigenvalue weighted by Gasteiger charge is 2.23. The first-order valence-corrected chi connectivity index (χ1v) is 8.62. The zero-order chi connectivity index (χ0) is 18.7. The summed E-state index contributed by atoms with van der Waals surface area (Å²) < 4.78 is 1.91. The van der Waals surface area contributed by atoms with Crippen molar-refractivity contribution in [1.29, 1.82) is 0 Å². The minimum absolute atomic E-state index is 0.0545. The number of aliphatic hydroxyl groups excluding tert-OH is 1. The van der Waals surface area contributed by atoms with E-state index >= 15 is 0 Å². The number of anilines is 1. The zero-order valence-corrected chi connectivity index (χ0v) is 15.2. The molecule has 0 saturated carbocycles. The summed E-state index contributed by atoms with van der Waals surface area (Å²) in [5.41, 5.74) is 8.16. The van der Waals surface area contributed by atoms with Crippen LogP contribution in [0.2, 0.25) is 0 Å². The highest BCUT2D eigenvalue weighted by Crippen LogP contribution is 2.29. The van der Waals surface area contributed by atoms with Crippen molar-refractivity contribution < 1.29 is 5.11 Å². The van der Waals surface area contributed by atoms with Crippen LogP contribution in [-0.2, 0) is 0 Å². The Labute approximate surface area is 152 Å².